The van der Waals surface area contributed by atoms with Crippen LogP contribution in [0.15, 0.2) is 51.3 Å². The molecule has 3 aromatic rings. The first-order chi connectivity index (χ1) is 12.9. The van der Waals surface area contributed by atoms with Crippen LogP contribution in [0.4, 0.5) is 5.69 Å². The number of thioether (sulfide) groups is 1. The summed E-state index contributed by atoms with van der Waals surface area (Å²) in [5.74, 6) is 0.00876. The molecular formula is C19H18BrN3O2S2. The Bertz CT molecular complexity index is 1070. The van der Waals surface area contributed by atoms with E-state index in [0.29, 0.717) is 21.9 Å². The molecule has 140 valence electrons. The lowest BCUT2D eigenvalue weighted by Crippen LogP contribution is -2.23. The predicted molar refractivity (Wildman–Crippen MR) is 117 cm³/mol. The monoisotopic (exact) mass is 463 g/mol. The van der Waals surface area contributed by atoms with E-state index in [1.807, 2.05) is 38.1 Å². The number of carbonyl (C=O) groups is 1. The fourth-order valence-electron chi connectivity index (χ4n) is 2.57. The maximum atomic E-state index is 12.9. The number of aromatic nitrogens is 2. The van der Waals surface area contributed by atoms with E-state index in [4.69, 9.17) is 0 Å². The average Bonchev–Trinajstić information content (AvgIpc) is 2.92. The minimum Gasteiger partial charge on any atom is -0.325 e. The molecule has 2 heterocycles. The van der Waals surface area contributed by atoms with Crippen molar-refractivity contribution in [3.05, 3.63) is 62.2 Å². The number of amides is 1. The Hall–Kier alpha value is -1.90. The quantitative estimate of drug-likeness (QED) is 0.325. The van der Waals surface area contributed by atoms with E-state index in [1.165, 1.54) is 23.1 Å². The molecule has 0 spiro atoms. The molecule has 1 amide bonds. The number of aryl methyl sites for hydroxylation is 2. The van der Waals surface area contributed by atoms with E-state index < -0.39 is 0 Å². The van der Waals surface area contributed by atoms with E-state index in [1.54, 1.807) is 10.6 Å². The molecule has 0 aliphatic heterocycles. The largest absolute Gasteiger partial charge is 0.325 e. The SMILES string of the molecule is C=CCn1c(SCC(=O)Nc2ccc(Br)cc2)nc2sc(C)c(C)c2c1=O. The predicted octanol–water partition coefficient (Wildman–Crippen LogP) is 4.75. The zero-order valence-corrected chi connectivity index (χ0v) is 18.1. The number of anilines is 1. The number of hydrogen-bond donors (Lipinski definition) is 1. The molecule has 0 unspecified atom stereocenters. The van der Waals surface area contributed by atoms with Crippen molar-refractivity contribution in [3.63, 3.8) is 0 Å². The van der Waals surface area contributed by atoms with Crippen molar-refractivity contribution in [2.75, 3.05) is 11.1 Å². The van der Waals surface area contributed by atoms with Gasteiger partial charge in [0.1, 0.15) is 4.83 Å². The van der Waals surface area contributed by atoms with Crippen molar-refractivity contribution in [2.45, 2.75) is 25.5 Å². The number of allylic oxidation sites excluding steroid dienone is 1. The van der Waals surface area contributed by atoms with E-state index in [0.717, 1.165) is 20.6 Å². The zero-order valence-electron chi connectivity index (χ0n) is 14.9. The second-order valence-electron chi connectivity index (χ2n) is 5.91. The lowest BCUT2D eigenvalue weighted by Gasteiger charge is -2.10. The van der Waals surface area contributed by atoms with E-state index >= 15 is 0 Å². The van der Waals surface area contributed by atoms with Gasteiger partial charge < -0.3 is 5.32 Å². The number of fused-ring (bicyclic) bond motifs is 1. The first-order valence-corrected chi connectivity index (χ1v) is 10.8. The average molecular weight is 464 g/mol. The van der Waals surface area contributed by atoms with Crippen molar-refractivity contribution in [2.24, 2.45) is 0 Å². The molecule has 0 atom stereocenters. The molecule has 1 N–H and O–H groups in total. The van der Waals surface area contributed by atoms with E-state index in [9.17, 15) is 9.59 Å². The van der Waals surface area contributed by atoms with Crippen molar-refractivity contribution in [3.8, 4) is 0 Å². The molecule has 0 saturated heterocycles. The fourth-order valence-corrected chi connectivity index (χ4v) is 4.71. The van der Waals surface area contributed by atoms with Crippen LogP contribution in [0.3, 0.4) is 0 Å². The molecule has 0 aliphatic rings. The molecule has 0 radical (unpaired) electrons. The second-order valence-corrected chi connectivity index (χ2v) is 8.97. The van der Waals surface area contributed by atoms with Gasteiger partial charge in [0.2, 0.25) is 5.91 Å². The zero-order chi connectivity index (χ0) is 19.6. The Morgan fingerprint density at radius 2 is 2.07 bits per heavy atom. The van der Waals surface area contributed by atoms with Crippen LogP contribution in [0, 0.1) is 13.8 Å². The van der Waals surface area contributed by atoms with Gasteiger partial charge in [-0.2, -0.15) is 0 Å². The minimum atomic E-state index is -0.152. The third-order valence-electron chi connectivity index (χ3n) is 4.03. The minimum absolute atomic E-state index is 0.0856. The molecule has 8 heteroatoms. The standard InChI is InChI=1S/C19H18BrN3O2S2/c1-4-9-23-18(25)16-11(2)12(3)27-17(16)22-19(23)26-10-15(24)21-14-7-5-13(20)6-8-14/h4-8H,1,9-10H2,2-3H3,(H,21,24). The number of carbonyl (C=O) groups excluding carboxylic acids is 1. The van der Waals surface area contributed by atoms with Crippen molar-refractivity contribution >= 4 is 60.8 Å². The highest BCUT2D eigenvalue weighted by Gasteiger charge is 2.17. The highest BCUT2D eigenvalue weighted by atomic mass is 79.9. The summed E-state index contributed by atoms with van der Waals surface area (Å²) in [6, 6.07) is 7.37. The van der Waals surface area contributed by atoms with Gasteiger partial charge in [0, 0.05) is 21.6 Å². The van der Waals surface area contributed by atoms with Gasteiger partial charge in [-0.05, 0) is 43.7 Å². The van der Waals surface area contributed by atoms with Crippen molar-refractivity contribution in [1.29, 1.82) is 0 Å². The molecule has 5 nitrogen and oxygen atoms in total. The van der Waals surface area contributed by atoms with E-state index in [-0.39, 0.29) is 17.2 Å². The first kappa shape index (κ1) is 19.9. The molecule has 0 saturated carbocycles. The smallest absolute Gasteiger partial charge is 0.263 e. The Morgan fingerprint density at radius 3 is 2.74 bits per heavy atom. The van der Waals surface area contributed by atoms with Crippen LogP contribution in [0.1, 0.15) is 10.4 Å². The van der Waals surface area contributed by atoms with Gasteiger partial charge >= 0.3 is 0 Å². The Labute approximate surface area is 173 Å². The topological polar surface area (TPSA) is 64.0 Å². The lowest BCUT2D eigenvalue weighted by atomic mass is 10.2. The van der Waals surface area contributed by atoms with Gasteiger partial charge in [0.25, 0.3) is 5.56 Å². The van der Waals surface area contributed by atoms with Gasteiger partial charge in [0.15, 0.2) is 5.16 Å². The Balaban J connectivity index is 1.84. The summed E-state index contributed by atoms with van der Waals surface area (Å²) >= 11 is 6.12. The molecule has 0 fully saturated rings. The molecular weight excluding hydrogens is 446 g/mol. The molecule has 0 aliphatic carbocycles. The molecule has 3 rings (SSSR count). The van der Waals surface area contributed by atoms with Crippen molar-refractivity contribution < 1.29 is 4.79 Å². The number of halogens is 1. The molecule has 0 bridgehead atoms. The summed E-state index contributed by atoms with van der Waals surface area (Å²) in [5.41, 5.74) is 1.60. The molecule has 27 heavy (non-hydrogen) atoms. The normalized spacial score (nSPS) is 10.9. The molecule has 1 aromatic carbocycles. The number of rotatable bonds is 6. The highest BCUT2D eigenvalue weighted by molar-refractivity contribution is 9.10. The third-order valence-corrected chi connectivity index (χ3v) is 6.63. The summed E-state index contributed by atoms with van der Waals surface area (Å²) in [6.45, 7) is 8.00. The summed E-state index contributed by atoms with van der Waals surface area (Å²) in [7, 11) is 0. The van der Waals surface area contributed by atoms with Crippen LogP contribution >= 0.6 is 39.0 Å². The van der Waals surface area contributed by atoms with Gasteiger partial charge in [0.05, 0.1) is 11.1 Å². The van der Waals surface area contributed by atoms with E-state index in [2.05, 4.69) is 32.8 Å². The molecule has 2 aromatic heterocycles. The van der Waals surface area contributed by atoms with Gasteiger partial charge in [-0.3, -0.25) is 14.2 Å². The highest BCUT2D eigenvalue weighted by Crippen LogP contribution is 2.28. The van der Waals surface area contributed by atoms with Crippen LogP contribution in [0.2, 0.25) is 0 Å². The summed E-state index contributed by atoms with van der Waals surface area (Å²) < 4.78 is 2.52. The Morgan fingerprint density at radius 1 is 1.37 bits per heavy atom. The first-order valence-electron chi connectivity index (χ1n) is 8.20. The van der Waals surface area contributed by atoms with Gasteiger partial charge in [-0.15, -0.1) is 17.9 Å². The van der Waals surface area contributed by atoms with Crippen LogP contribution in [-0.2, 0) is 11.3 Å². The maximum Gasteiger partial charge on any atom is 0.263 e. The van der Waals surface area contributed by atoms with Crippen LogP contribution in [0.5, 0.6) is 0 Å². The van der Waals surface area contributed by atoms with Crippen LogP contribution in [-0.4, -0.2) is 21.2 Å². The number of hydrogen-bond acceptors (Lipinski definition) is 5. The number of benzene rings is 1. The fraction of sp³-hybridized carbons (Fsp3) is 0.211. The second kappa shape index (κ2) is 8.41. The van der Waals surface area contributed by atoms with Crippen LogP contribution in [0.25, 0.3) is 10.2 Å². The van der Waals surface area contributed by atoms with Crippen LogP contribution < -0.4 is 10.9 Å². The lowest BCUT2D eigenvalue weighted by molar-refractivity contribution is -0.113. The number of thiophene rings is 1. The van der Waals surface area contributed by atoms with Crippen molar-refractivity contribution in [1.82, 2.24) is 9.55 Å². The maximum absolute atomic E-state index is 12.9. The Kier molecular flexibility index (Phi) is 6.18. The number of nitrogens with zero attached hydrogens (tertiary/aromatic N) is 2. The summed E-state index contributed by atoms with van der Waals surface area (Å²) in [4.78, 5) is 31.6. The summed E-state index contributed by atoms with van der Waals surface area (Å²) in [5, 5.41) is 4.03. The number of nitrogens with one attached hydrogen (secondary N) is 1. The van der Waals surface area contributed by atoms with Gasteiger partial charge in [-0.25, -0.2) is 4.98 Å². The summed E-state index contributed by atoms with van der Waals surface area (Å²) in [6.07, 6.45) is 1.66. The van der Waals surface area contributed by atoms with Gasteiger partial charge in [-0.1, -0.05) is 33.8 Å². The third kappa shape index (κ3) is 4.34.